The van der Waals surface area contributed by atoms with E-state index in [1.165, 1.54) is 0 Å². The summed E-state index contributed by atoms with van der Waals surface area (Å²) in [6.07, 6.45) is 0.809. The highest BCUT2D eigenvalue weighted by molar-refractivity contribution is 6.27. The van der Waals surface area contributed by atoms with E-state index in [-0.39, 0.29) is 6.09 Å². The average Bonchev–Trinajstić information content (AvgIpc) is 3.06. The summed E-state index contributed by atoms with van der Waals surface area (Å²) in [5.74, 6) is -3.11. The third kappa shape index (κ3) is 6.69. The maximum Gasteiger partial charge on any atom is 0.414 e. The molecule has 1 rings (SSSR count). The van der Waals surface area contributed by atoms with Crippen LogP contribution in [0.3, 0.4) is 0 Å². The number of nitrogens with one attached hydrogen (secondary N) is 1. The third-order valence-corrected chi connectivity index (χ3v) is 2.36. The second kappa shape index (κ2) is 7.49. The highest BCUT2D eigenvalue weighted by Gasteiger charge is 2.39. The predicted octanol–water partition coefficient (Wildman–Crippen LogP) is -0.552. The van der Waals surface area contributed by atoms with Crippen molar-refractivity contribution in [2.75, 3.05) is 27.7 Å². The van der Waals surface area contributed by atoms with Gasteiger partial charge in [0, 0.05) is 19.0 Å². The lowest BCUT2D eigenvalue weighted by molar-refractivity contribution is -0.159. The van der Waals surface area contributed by atoms with Crippen molar-refractivity contribution in [2.45, 2.75) is 12.5 Å². The summed E-state index contributed by atoms with van der Waals surface area (Å²) in [4.78, 5) is 31.0. The van der Waals surface area contributed by atoms with Crippen LogP contribution < -0.4 is 5.32 Å². The summed E-state index contributed by atoms with van der Waals surface area (Å²) in [6.45, 7) is 0.544. The summed E-state index contributed by atoms with van der Waals surface area (Å²) in [6, 6.07) is 0.606. The van der Waals surface area contributed by atoms with Gasteiger partial charge in [-0.25, -0.2) is 14.4 Å². The van der Waals surface area contributed by atoms with E-state index in [9.17, 15) is 4.79 Å². The molecule has 2 atom stereocenters. The van der Waals surface area contributed by atoms with Gasteiger partial charge in [0.05, 0.1) is 6.61 Å². The Morgan fingerprint density at radius 1 is 1.28 bits per heavy atom. The number of carboxylic acids is 2. The molecule has 0 aliphatic heterocycles. The molecular formula is C10H18N2O6. The Labute approximate surface area is 105 Å². The van der Waals surface area contributed by atoms with E-state index in [1.807, 2.05) is 14.1 Å². The molecular weight excluding hydrogens is 244 g/mol. The molecule has 3 N–H and O–H groups in total. The SMILES string of the molecule is CNC(=O)OC[C@H]1C[C@@H]1N(C)C.O=C(O)C(=O)O. The molecule has 0 bridgehead atoms. The molecule has 0 aromatic rings. The number of ether oxygens (including phenoxy) is 1. The molecule has 0 aromatic heterocycles. The minimum atomic E-state index is -1.82. The lowest BCUT2D eigenvalue weighted by Crippen LogP contribution is -2.22. The normalized spacial score (nSPS) is 20.4. The van der Waals surface area contributed by atoms with Gasteiger partial charge in [-0.1, -0.05) is 0 Å². The maximum absolute atomic E-state index is 10.7. The number of rotatable bonds is 3. The van der Waals surface area contributed by atoms with Crippen molar-refractivity contribution < 1.29 is 29.3 Å². The zero-order chi connectivity index (χ0) is 14.3. The number of carboxylic acid groups (broad SMARTS) is 2. The largest absolute Gasteiger partial charge is 0.473 e. The van der Waals surface area contributed by atoms with E-state index in [2.05, 4.69) is 10.2 Å². The van der Waals surface area contributed by atoms with E-state index in [0.29, 0.717) is 18.6 Å². The van der Waals surface area contributed by atoms with Crippen molar-refractivity contribution in [1.82, 2.24) is 10.2 Å². The molecule has 0 radical (unpaired) electrons. The molecule has 0 unspecified atom stereocenters. The zero-order valence-electron chi connectivity index (χ0n) is 10.5. The van der Waals surface area contributed by atoms with E-state index >= 15 is 0 Å². The van der Waals surface area contributed by atoms with Crippen molar-refractivity contribution in [3.8, 4) is 0 Å². The molecule has 8 heteroatoms. The molecule has 18 heavy (non-hydrogen) atoms. The predicted molar refractivity (Wildman–Crippen MR) is 61.3 cm³/mol. The van der Waals surface area contributed by atoms with Crippen LogP contribution in [0.15, 0.2) is 0 Å². The number of carbonyl (C=O) groups excluding carboxylic acids is 1. The molecule has 1 aliphatic rings. The third-order valence-electron chi connectivity index (χ3n) is 2.36. The van der Waals surface area contributed by atoms with Gasteiger partial charge in [0.15, 0.2) is 0 Å². The molecule has 1 amide bonds. The monoisotopic (exact) mass is 262 g/mol. The average molecular weight is 262 g/mol. The lowest BCUT2D eigenvalue weighted by Gasteiger charge is -2.08. The van der Waals surface area contributed by atoms with Crippen LogP contribution in [0.2, 0.25) is 0 Å². The van der Waals surface area contributed by atoms with Crippen molar-refractivity contribution in [2.24, 2.45) is 5.92 Å². The van der Waals surface area contributed by atoms with Crippen LogP contribution >= 0.6 is 0 Å². The van der Waals surface area contributed by atoms with Crippen LogP contribution in [-0.4, -0.2) is 66.9 Å². The quantitative estimate of drug-likeness (QED) is 0.584. The smallest absolute Gasteiger partial charge is 0.414 e. The molecule has 8 nitrogen and oxygen atoms in total. The van der Waals surface area contributed by atoms with Crippen LogP contribution in [0.4, 0.5) is 4.79 Å². The molecule has 1 fully saturated rings. The topological polar surface area (TPSA) is 116 Å². The van der Waals surface area contributed by atoms with Gasteiger partial charge < -0.3 is 25.2 Å². The first kappa shape index (κ1) is 16.2. The Balaban J connectivity index is 0.000000411. The zero-order valence-corrected chi connectivity index (χ0v) is 10.5. The number of hydrogen-bond acceptors (Lipinski definition) is 5. The highest BCUT2D eigenvalue weighted by Crippen LogP contribution is 2.34. The van der Waals surface area contributed by atoms with Crippen molar-refractivity contribution >= 4 is 18.0 Å². The Morgan fingerprint density at radius 3 is 2.06 bits per heavy atom. The van der Waals surface area contributed by atoms with Gasteiger partial charge >= 0.3 is 18.0 Å². The Bertz CT molecular complexity index is 305. The van der Waals surface area contributed by atoms with Crippen LogP contribution in [-0.2, 0) is 14.3 Å². The fraction of sp³-hybridized carbons (Fsp3) is 0.700. The van der Waals surface area contributed by atoms with Gasteiger partial charge in [-0.3, -0.25) is 0 Å². The Kier molecular flexibility index (Phi) is 6.73. The lowest BCUT2D eigenvalue weighted by atomic mass is 10.4. The number of carbonyl (C=O) groups is 3. The summed E-state index contributed by atoms with van der Waals surface area (Å²) in [5.41, 5.74) is 0. The van der Waals surface area contributed by atoms with Crippen LogP contribution in [0, 0.1) is 5.92 Å². The second-order valence-corrected chi connectivity index (χ2v) is 3.99. The minimum absolute atomic E-state index is 0.334. The first-order chi connectivity index (χ1) is 8.29. The van der Waals surface area contributed by atoms with Crippen LogP contribution in [0.5, 0.6) is 0 Å². The molecule has 0 saturated heterocycles. The van der Waals surface area contributed by atoms with E-state index in [4.69, 9.17) is 24.5 Å². The standard InChI is InChI=1S/C8H16N2O2.C2H2O4/c1-9-8(11)12-5-6-4-7(6)10(2)3;3-1(4)2(5)6/h6-7H,4-5H2,1-3H3,(H,9,11);(H,3,4)(H,5,6)/t6-,7+;/m1./s1. The van der Waals surface area contributed by atoms with Crippen LogP contribution in [0.25, 0.3) is 0 Å². The molecule has 0 aromatic carbocycles. The fourth-order valence-electron chi connectivity index (χ4n) is 1.30. The first-order valence-electron chi connectivity index (χ1n) is 5.26. The van der Waals surface area contributed by atoms with Crippen molar-refractivity contribution in [1.29, 1.82) is 0 Å². The maximum atomic E-state index is 10.7. The molecule has 0 heterocycles. The van der Waals surface area contributed by atoms with Crippen LogP contribution in [0.1, 0.15) is 6.42 Å². The number of aliphatic carboxylic acids is 2. The van der Waals surface area contributed by atoms with E-state index in [1.54, 1.807) is 7.05 Å². The van der Waals surface area contributed by atoms with Gasteiger partial charge in [-0.2, -0.15) is 0 Å². The number of amides is 1. The van der Waals surface area contributed by atoms with E-state index in [0.717, 1.165) is 6.42 Å². The number of hydrogen-bond donors (Lipinski definition) is 3. The Hall–Kier alpha value is -1.83. The summed E-state index contributed by atoms with van der Waals surface area (Å²) < 4.78 is 4.92. The highest BCUT2D eigenvalue weighted by atomic mass is 16.5. The van der Waals surface area contributed by atoms with Gasteiger partial charge in [0.2, 0.25) is 0 Å². The van der Waals surface area contributed by atoms with Crippen molar-refractivity contribution in [3.63, 3.8) is 0 Å². The summed E-state index contributed by atoms with van der Waals surface area (Å²) >= 11 is 0. The minimum Gasteiger partial charge on any atom is -0.473 e. The first-order valence-corrected chi connectivity index (χ1v) is 5.26. The molecule has 0 spiro atoms. The molecule has 1 saturated carbocycles. The van der Waals surface area contributed by atoms with Gasteiger partial charge in [-0.15, -0.1) is 0 Å². The van der Waals surface area contributed by atoms with E-state index < -0.39 is 11.9 Å². The molecule has 1 aliphatic carbocycles. The number of nitrogens with zero attached hydrogens (tertiary/aromatic N) is 1. The molecule has 104 valence electrons. The van der Waals surface area contributed by atoms with Gasteiger partial charge in [0.1, 0.15) is 0 Å². The second-order valence-electron chi connectivity index (χ2n) is 3.99. The fourth-order valence-corrected chi connectivity index (χ4v) is 1.30. The summed E-state index contributed by atoms with van der Waals surface area (Å²) in [7, 11) is 5.66. The Morgan fingerprint density at radius 2 is 1.78 bits per heavy atom. The van der Waals surface area contributed by atoms with Crippen molar-refractivity contribution in [3.05, 3.63) is 0 Å². The van der Waals surface area contributed by atoms with Gasteiger partial charge in [0.25, 0.3) is 0 Å². The van der Waals surface area contributed by atoms with Gasteiger partial charge in [-0.05, 0) is 20.5 Å². The summed E-state index contributed by atoms with van der Waals surface area (Å²) in [5, 5.41) is 17.2. The number of alkyl carbamates (subject to hydrolysis) is 1.